The minimum absolute atomic E-state index is 0.248. The Morgan fingerprint density at radius 1 is 0.933 bits per heavy atom. The van der Waals surface area contributed by atoms with E-state index in [1.54, 1.807) is 30.5 Å². The second kappa shape index (κ2) is 8.99. The van der Waals surface area contributed by atoms with Gasteiger partial charge < -0.3 is 5.32 Å². The molecule has 2 aromatic carbocycles. The minimum Gasteiger partial charge on any atom is -0.322 e. The maximum atomic E-state index is 12.6. The zero-order chi connectivity index (χ0) is 21.0. The second-order valence-electron chi connectivity index (χ2n) is 6.88. The molecule has 0 spiro atoms. The van der Waals surface area contributed by atoms with Crippen LogP contribution in [0.2, 0.25) is 0 Å². The van der Waals surface area contributed by atoms with E-state index in [2.05, 4.69) is 10.3 Å². The molecule has 0 unspecified atom stereocenters. The van der Waals surface area contributed by atoms with Gasteiger partial charge in [0.2, 0.25) is 10.0 Å². The lowest BCUT2D eigenvalue weighted by Crippen LogP contribution is -2.27. The predicted octanol–water partition coefficient (Wildman–Crippen LogP) is 4.27. The Kier molecular flexibility index (Phi) is 6.17. The van der Waals surface area contributed by atoms with Gasteiger partial charge >= 0.3 is 0 Å². The molecule has 4 rings (SSSR count). The van der Waals surface area contributed by atoms with Crippen molar-refractivity contribution >= 4 is 33.4 Å². The van der Waals surface area contributed by atoms with E-state index < -0.39 is 10.0 Å². The first kappa shape index (κ1) is 20.6. The van der Waals surface area contributed by atoms with Gasteiger partial charge in [-0.3, -0.25) is 4.79 Å². The van der Waals surface area contributed by atoms with Crippen molar-refractivity contribution in [1.29, 1.82) is 0 Å². The van der Waals surface area contributed by atoms with Crippen LogP contribution in [0.15, 0.2) is 87.7 Å². The summed E-state index contributed by atoms with van der Waals surface area (Å²) >= 11 is 1.52. The fraction of sp³-hybridized carbons (Fsp3) is 0.182. The first-order chi connectivity index (χ1) is 14.5. The van der Waals surface area contributed by atoms with Crippen LogP contribution in [-0.4, -0.2) is 36.7 Å². The number of nitrogens with one attached hydrogen (secondary N) is 1. The number of anilines is 1. The van der Waals surface area contributed by atoms with Crippen LogP contribution < -0.4 is 5.32 Å². The van der Waals surface area contributed by atoms with Crippen molar-refractivity contribution in [3.8, 4) is 0 Å². The third-order valence-electron chi connectivity index (χ3n) is 4.79. The Bertz CT molecular complexity index is 1110. The van der Waals surface area contributed by atoms with Crippen LogP contribution in [0.5, 0.6) is 0 Å². The first-order valence-electron chi connectivity index (χ1n) is 9.63. The summed E-state index contributed by atoms with van der Waals surface area (Å²) in [5.74, 6) is -0.250. The van der Waals surface area contributed by atoms with Gasteiger partial charge in [0.15, 0.2) is 0 Å². The van der Waals surface area contributed by atoms with Crippen LogP contribution in [-0.2, 0) is 10.0 Å². The summed E-state index contributed by atoms with van der Waals surface area (Å²) in [4.78, 5) is 18.0. The van der Waals surface area contributed by atoms with Crippen LogP contribution in [0, 0.1) is 0 Å². The van der Waals surface area contributed by atoms with E-state index >= 15 is 0 Å². The smallest absolute Gasteiger partial charge is 0.255 e. The molecule has 1 N–H and O–H groups in total. The lowest BCUT2D eigenvalue weighted by molar-refractivity contribution is 0.102. The predicted molar refractivity (Wildman–Crippen MR) is 117 cm³/mol. The zero-order valence-electron chi connectivity index (χ0n) is 16.2. The second-order valence-corrected chi connectivity index (χ2v) is 9.92. The average Bonchev–Trinajstić information content (AvgIpc) is 3.31. The number of benzene rings is 2. The molecule has 1 aliphatic rings. The maximum absolute atomic E-state index is 12.6. The summed E-state index contributed by atoms with van der Waals surface area (Å²) in [6, 6.07) is 19.3. The fourth-order valence-corrected chi connectivity index (χ4v) is 5.48. The molecule has 0 bridgehead atoms. The van der Waals surface area contributed by atoms with E-state index in [1.165, 1.54) is 28.2 Å². The molecule has 30 heavy (non-hydrogen) atoms. The third-order valence-corrected chi connectivity index (χ3v) is 7.66. The van der Waals surface area contributed by atoms with Crippen molar-refractivity contribution in [2.45, 2.75) is 27.7 Å². The highest BCUT2D eigenvalue weighted by Gasteiger charge is 2.26. The van der Waals surface area contributed by atoms with Gasteiger partial charge in [-0.15, -0.1) is 0 Å². The van der Waals surface area contributed by atoms with Crippen LogP contribution in [0.3, 0.4) is 0 Å². The van der Waals surface area contributed by atoms with Gasteiger partial charge in [0.05, 0.1) is 4.90 Å². The molecule has 1 aliphatic heterocycles. The van der Waals surface area contributed by atoms with Crippen molar-refractivity contribution in [3.05, 3.63) is 78.5 Å². The number of nitrogens with zero attached hydrogens (tertiary/aromatic N) is 2. The molecule has 1 amide bonds. The summed E-state index contributed by atoms with van der Waals surface area (Å²) in [5.41, 5.74) is 1.07. The number of pyridine rings is 1. The Morgan fingerprint density at radius 2 is 1.63 bits per heavy atom. The Labute approximate surface area is 180 Å². The molecule has 8 heteroatoms. The van der Waals surface area contributed by atoms with Gasteiger partial charge in [0.25, 0.3) is 5.91 Å². The standard InChI is InChI=1S/C22H21N3O3S2/c26-22(17-6-10-19(11-7-17)29-21-5-1-2-14-23-21)24-18-8-12-20(13-9-18)30(27,28)25-15-3-4-16-25/h1-2,5-14H,3-4,15-16H2,(H,24,26). The molecule has 1 fully saturated rings. The largest absolute Gasteiger partial charge is 0.322 e. The molecule has 1 saturated heterocycles. The molecule has 154 valence electrons. The van der Waals surface area contributed by atoms with E-state index in [0.717, 1.165) is 22.8 Å². The Balaban J connectivity index is 1.40. The number of hydrogen-bond donors (Lipinski definition) is 1. The number of rotatable bonds is 6. The van der Waals surface area contributed by atoms with Gasteiger partial charge in [-0.1, -0.05) is 17.8 Å². The topological polar surface area (TPSA) is 79.4 Å². The van der Waals surface area contributed by atoms with Gasteiger partial charge in [-0.05, 0) is 73.5 Å². The van der Waals surface area contributed by atoms with Crippen LogP contribution in [0.25, 0.3) is 0 Å². The van der Waals surface area contributed by atoms with Crippen molar-refractivity contribution in [2.75, 3.05) is 18.4 Å². The van der Waals surface area contributed by atoms with Crippen LogP contribution >= 0.6 is 11.8 Å². The molecular formula is C22H21N3O3S2. The summed E-state index contributed by atoms with van der Waals surface area (Å²) < 4.78 is 26.7. The van der Waals surface area contributed by atoms with Gasteiger partial charge in [-0.2, -0.15) is 4.31 Å². The van der Waals surface area contributed by atoms with Crippen molar-refractivity contribution in [1.82, 2.24) is 9.29 Å². The van der Waals surface area contributed by atoms with Gasteiger partial charge in [0.1, 0.15) is 5.03 Å². The molecular weight excluding hydrogens is 418 g/mol. The molecule has 1 aromatic heterocycles. The summed E-state index contributed by atoms with van der Waals surface area (Å²) in [7, 11) is -3.45. The SMILES string of the molecule is O=C(Nc1ccc(S(=O)(=O)N2CCCC2)cc1)c1ccc(Sc2ccccn2)cc1. The highest BCUT2D eigenvalue weighted by atomic mass is 32.2. The van der Waals surface area contributed by atoms with Crippen molar-refractivity contribution in [2.24, 2.45) is 0 Å². The monoisotopic (exact) mass is 439 g/mol. The summed E-state index contributed by atoms with van der Waals surface area (Å²) in [5, 5.41) is 3.70. The first-order valence-corrected chi connectivity index (χ1v) is 11.9. The molecule has 6 nitrogen and oxygen atoms in total. The van der Waals surface area contributed by atoms with Crippen molar-refractivity contribution in [3.63, 3.8) is 0 Å². The number of carbonyl (C=O) groups excluding carboxylic acids is 1. The molecule has 0 aliphatic carbocycles. The highest BCUT2D eigenvalue weighted by molar-refractivity contribution is 7.99. The molecule has 0 atom stereocenters. The Morgan fingerprint density at radius 3 is 2.27 bits per heavy atom. The van der Waals surface area contributed by atoms with E-state index in [0.29, 0.717) is 24.3 Å². The van der Waals surface area contributed by atoms with Crippen molar-refractivity contribution < 1.29 is 13.2 Å². The molecule has 0 radical (unpaired) electrons. The quantitative estimate of drug-likeness (QED) is 0.621. The van der Waals surface area contributed by atoms with E-state index in [1.807, 2.05) is 30.3 Å². The maximum Gasteiger partial charge on any atom is 0.255 e. The minimum atomic E-state index is -3.45. The lowest BCUT2D eigenvalue weighted by Gasteiger charge is -2.15. The number of hydrogen-bond acceptors (Lipinski definition) is 5. The third kappa shape index (κ3) is 4.72. The van der Waals surface area contributed by atoms with Gasteiger partial charge in [-0.25, -0.2) is 13.4 Å². The lowest BCUT2D eigenvalue weighted by atomic mass is 10.2. The van der Waals surface area contributed by atoms with E-state index in [9.17, 15) is 13.2 Å². The van der Waals surface area contributed by atoms with Crippen LogP contribution in [0.1, 0.15) is 23.2 Å². The number of amides is 1. The molecule has 0 saturated carbocycles. The fourth-order valence-electron chi connectivity index (χ4n) is 3.19. The summed E-state index contributed by atoms with van der Waals surface area (Å²) in [6.07, 6.45) is 3.53. The number of carbonyl (C=O) groups is 1. The van der Waals surface area contributed by atoms with E-state index in [-0.39, 0.29) is 10.8 Å². The normalized spacial score (nSPS) is 14.5. The number of sulfonamides is 1. The number of aromatic nitrogens is 1. The summed E-state index contributed by atoms with van der Waals surface area (Å²) in [6.45, 7) is 1.13. The molecule has 3 aromatic rings. The molecule has 2 heterocycles. The zero-order valence-corrected chi connectivity index (χ0v) is 17.8. The highest BCUT2D eigenvalue weighted by Crippen LogP contribution is 2.26. The Hall–Kier alpha value is -2.68. The van der Waals surface area contributed by atoms with E-state index in [4.69, 9.17) is 0 Å². The van der Waals surface area contributed by atoms with Gasteiger partial charge in [0, 0.05) is 35.4 Å². The van der Waals surface area contributed by atoms with Crippen LogP contribution in [0.4, 0.5) is 5.69 Å². The average molecular weight is 440 g/mol.